The second-order valence-electron chi connectivity index (χ2n) is 10.9. The molecule has 2 aliphatic rings. The monoisotopic (exact) mass is 532 g/mol. The number of ketones is 1. The number of hydrogen-bond donors (Lipinski definition) is 2. The first kappa shape index (κ1) is 29.1. The molecule has 2 aliphatic heterocycles. The van der Waals surface area contributed by atoms with Gasteiger partial charge >= 0.3 is 12.2 Å². The van der Waals surface area contributed by atoms with Crippen LogP contribution in [0, 0.1) is 5.82 Å². The normalized spacial score (nSPS) is 20.0. The zero-order valence-electron chi connectivity index (χ0n) is 22.4. The molecule has 38 heavy (non-hydrogen) atoms. The predicted molar refractivity (Wildman–Crippen MR) is 137 cm³/mol. The number of nitrogens with two attached hydrogens (primary N) is 1. The Bertz CT molecular complexity index is 1100. The van der Waals surface area contributed by atoms with Crippen molar-refractivity contribution in [2.24, 2.45) is 5.73 Å². The molecule has 2 heterocycles. The number of likely N-dealkylation sites (tertiary alicyclic amines) is 1. The lowest BCUT2D eigenvalue weighted by Gasteiger charge is -2.29. The van der Waals surface area contributed by atoms with E-state index in [0.717, 1.165) is 5.56 Å². The van der Waals surface area contributed by atoms with E-state index in [0.29, 0.717) is 11.1 Å². The van der Waals surface area contributed by atoms with E-state index in [4.69, 9.17) is 15.2 Å². The van der Waals surface area contributed by atoms with Gasteiger partial charge in [-0.2, -0.15) is 0 Å². The molecule has 10 nitrogen and oxygen atoms in total. The Hall–Kier alpha value is -3.47. The van der Waals surface area contributed by atoms with Crippen molar-refractivity contribution >= 4 is 23.9 Å². The van der Waals surface area contributed by atoms with Gasteiger partial charge in [-0.3, -0.25) is 19.4 Å². The molecule has 0 aliphatic carbocycles. The van der Waals surface area contributed by atoms with E-state index >= 15 is 0 Å². The van der Waals surface area contributed by atoms with Crippen LogP contribution >= 0.6 is 0 Å². The third-order valence-electron chi connectivity index (χ3n) is 6.52. The van der Waals surface area contributed by atoms with Crippen LogP contribution in [0.15, 0.2) is 30.4 Å². The second-order valence-corrected chi connectivity index (χ2v) is 10.9. The number of benzene rings is 1. The maximum atomic E-state index is 14.1. The van der Waals surface area contributed by atoms with E-state index < -0.39 is 41.9 Å². The first-order valence-electron chi connectivity index (χ1n) is 12.7. The highest BCUT2D eigenvalue weighted by atomic mass is 19.1. The summed E-state index contributed by atoms with van der Waals surface area (Å²) >= 11 is 0. The molecule has 3 unspecified atom stereocenters. The van der Waals surface area contributed by atoms with Crippen molar-refractivity contribution < 1.29 is 33.0 Å². The fourth-order valence-corrected chi connectivity index (χ4v) is 4.66. The molecular formula is C27H37FN4O6. The van der Waals surface area contributed by atoms with Gasteiger partial charge in [0, 0.05) is 44.1 Å². The highest BCUT2D eigenvalue weighted by Gasteiger charge is 2.40. The minimum Gasteiger partial charge on any atom is -0.445 e. The van der Waals surface area contributed by atoms with Gasteiger partial charge in [-0.25, -0.2) is 14.0 Å². The van der Waals surface area contributed by atoms with Crippen molar-refractivity contribution in [2.45, 2.75) is 83.8 Å². The van der Waals surface area contributed by atoms with Crippen LogP contribution in [0.3, 0.4) is 0 Å². The summed E-state index contributed by atoms with van der Waals surface area (Å²) < 4.78 is 25.1. The molecule has 0 aromatic heterocycles. The average Bonchev–Trinajstić information content (AvgIpc) is 3.41. The zero-order valence-corrected chi connectivity index (χ0v) is 22.4. The van der Waals surface area contributed by atoms with E-state index in [9.17, 15) is 23.6 Å². The number of allylic oxidation sites excluding steroid dienone is 1. The molecule has 1 saturated heterocycles. The summed E-state index contributed by atoms with van der Waals surface area (Å²) in [6.45, 7) is 11.2. The maximum absolute atomic E-state index is 14.1. The number of amides is 3. The van der Waals surface area contributed by atoms with Gasteiger partial charge in [-0.1, -0.05) is 18.7 Å². The van der Waals surface area contributed by atoms with Gasteiger partial charge in [0.2, 0.25) is 5.91 Å². The number of nitrogens with zero attached hydrogens (tertiary/aromatic N) is 2. The molecule has 0 bridgehead atoms. The number of nitrogens with one attached hydrogen (secondary N) is 1. The molecule has 0 spiro atoms. The molecule has 1 aromatic rings. The molecule has 0 saturated carbocycles. The maximum Gasteiger partial charge on any atom is 0.410 e. The number of carbonyl (C=O) groups excluding carboxylic acids is 4. The van der Waals surface area contributed by atoms with E-state index in [1.165, 1.54) is 11.0 Å². The minimum atomic E-state index is -0.735. The van der Waals surface area contributed by atoms with E-state index in [2.05, 4.69) is 11.9 Å². The molecule has 11 heteroatoms. The van der Waals surface area contributed by atoms with Crippen LogP contribution in [0.1, 0.15) is 58.1 Å². The molecule has 1 aromatic carbocycles. The smallest absolute Gasteiger partial charge is 0.410 e. The van der Waals surface area contributed by atoms with Crippen LogP contribution in [-0.4, -0.2) is 70.6 Å². The summed E-state index contributed by atoms with van der Waals surface area (Å²) in [7, 11) is 0. The fraction of sp³-hybridized carbons (Fsp3) is 0.556. The Labute approximate surface area is 222 Å². The second kappa shape index (κ2) is 11.9. The molecular weight excluding hydrogens is 495 g/mol. The number of primary amides is 1. The lowest BCUT2D eigenvalue weighted by Crippen LogP contribution is -2.49. The van der Waals surface area contributed by atoms with Gasteiger partial charge in [0.1, 0.15) is 17.5 Å². The minimum absolute atomic E-state index is 0.106. The third-order valence-corrected chi connectivity index (χ3v) is 6.52. The number of halogens is 1. The highest BCUT2D eigenvalue weighted by Crippen LogP contribution is 2.28. The highest BCUT2D eigenvalue weighted by molar-refractivity contribution is 5.94. The number of carbonyl (C=O) groups is 4. The molecule has 0 radical (unpaired) electrons. The van der Waals surface area contributed by atoms with Crippen LogP contribution < -0.4 is 11.1 Å². The van der Waals surface area contributed by atoms with Crippen LogP contribution in [0.5, 0.6) is 0 Å². The summed E-state index contributed by atoms with van der Waals surface area (Å²) in [5.41, 5.74) is 6.53. The quantitative estimate of drug-likeness (QED) is 0.468. The average molecular weight is 533 g/mol. The summed E-state index contributed by atoms with van der Waals surface area (Å²) in [6, 6.07) is 3.44. The standard InChI is InChI=1S/C27H37FN4O6/c1-16(2)23(33)10-9-18(30-25(35)38-27(3,4)5)13-31-14-19(11-22(31)24(29)34)37-26(36)32-12-17-7-6-8-21(28)20(17)15-32/h6-8,18-19,22H,1,9-15H2,2-5H3,(H2,29,34)(H,30,35). The van der Waals surface area contributed by atoms with Gasteiger partial charge in [0.25, 0.3) is 0 Å². The van der Waals surface area contributed by atoms with Crippen LogP contribution in [0.4, 0.5) is 14.0 Å². The number of fused-ring (bicyclic) bond motifs is 1. The molecule has 1 fully saturated rings. The SMILES string of the molecule is C=C(C)C(=O)CCC(CN1CC(OC(=O)N2Cc3cccc(F)c3C2)CC1C(N)=O)NC(=O)OC(C)(C)C. The Morgan fingerprint density at radius 1 is 1.24 bits per heavy atom. The lowest BCUT2D eigenvalue weighted by atomic mass is 10.0. The Balaban J connectivity index is 1.65. The van der Waals surface area contributed by atoms with Gasteiger partial charge < -0.3 is 20.5 Å². The number of alkyl carbamates (subject to hydrolysis) is 1. The first-order valence-corrected chi connectivity index (χ1v) is 12.7. The largest absolute Gasteiger partial charge is 0.445 e. The number of Topliss-reactive ketones (excluding diaryl/α,β-unsaturated/α-hetero) is 1. The number of hydrogen-bond acceptors (Lipinski definition) is 7. The fourth-order valence-electron chi connectivity index (χ4n) is 4.66. The van der Waals surface area contributed by atoms with Gasteiger partial charge in [0.15, 0.2) is 5.78 Å². The van der Waals surface area contributed by atoms with Crippen molar-refractivity contribution in [3.63, 3.8) is 0 Å². The Kier molecular flexibility index (Phi) is 9.14. The van der Waals surface area contributed by atoms with E-state index in [-0.39, 0.29) is 57.0 Å². The number of rotatable bonds is 9. The van der Waals surface area contributed by atoms with E-state index in [1.807, 2.05) is 0 Å². The van der Waals surface area contributed by atoms with Crippen LogP contribution in [0.25, 0.3) is 0 Å². The van der Waals surface area contributed by atoms with Gasteiger partial charge in [0.05, 0.1) is 12.6 Å². The summed E-state index contributed by atoms with van der Waals surface area (Å²) in [6.07, 6.45) is -1.27. The van der Waals surface area contributed by atoms with E-state index in [1.54, 1.807) is 44.7 Å². The van der Waals surface area contributed by atoms with Crippen LogP contribution in [-0.2, 0) is 32.2 Å². The van der Waals surface area contributed by atoms with Crippen molar-refractivity contribution in [3.8, 4) is 0 Å². The lowest BCUT2D eigenvalue weighted by molar-refractivity contribution is -0.122. The predicted octanol–water partition coefficient (Wildman–Crippen LogP) is 3.02. The molecule has 3 atom stereocenters. The van der Waals surface area contributed by atoms with Gasteiger partial charge in [-0.15, -0.1) is 0 Å². The Morgan fingerprint density at radius 2 is 1.95 bits per heavy atom. The molecule has 3 rings (SSSR count). The van der Waals surface area contributed by atoms with Crippen molar-refractivity contribution in [1.82, 2.24) is 15.1 Å². The van der Waals surface area contributed by atoms with Crippen molar-refractivity contribution in [2.75, 3.05) is 13.1 Å². The molecule has 3 N–H and O–H groups in total. The summed E-state index contributed by atoms with van der Waals surface area (Å²) in [4.78, 5) is 52.8. The molecule has 3 amide bonds. The molecule has 208 valence electrons. The zero-order chi connectivity index (χ0) is 28.2. The first-order chi connectivity index (χ1) is 17.7. The van der Waals surface area contributed by atoms with Crippen LogP contribution in [0.2, 0.25) is 0 Å². The number of ether oxygens (including phenoxy) is 2. The van der Waals surface area contributed by atoms with Gasteiger partial charge in [-0.05, 0) is 51.3 Å². The topological polar surface area (TPSA) is 131 Å². The van der Waals surface area contributed by atoms with Crippen molar-refractivity contribution in [1.29, 1.82) is 0 Å². The summed E-state index contributed by atoms with van der Waals surface area (Å²) in [5.74, 6) is -1.09. The van der Waals surface area contributed by atoms with Crippen molar-refractivity contribution in [3.05, 3.63) is 47.3 Å². The third kappa shape index (κ3) is 7.77. The summed E-state index contributed by atoms with van der Waals surface area (Å²) in [5, 5.41) is 2.78. The Morgan fingerprint density at radius 3 is 2.55 bits per heavy atom.